The van der Waals surface area contributed by atoms with Crippen LogP contribution in [0, 0.1) is 0 Å². The molecule has 0 spiro atoms. The summed E-state index contributed by atoms with van der Waals surface area (Å²) in [4.78, 5) is 22.0. The SMILES string of the molecule is Cn1cnc2c(=O)n(-c3ccc(Cl)cc3)c(SCc3ccc(Cl)c(Cl)c3)nc21. The van der Waals surface area contributed by atoms with Crippen molar-refractivity contribution in [1.29, 1.82) is 0 Å². The molecule has 2 heterocycles. The standard InChI is InChI=1S/C19H13Cl3N4OS/c1-25-10-23-16-17(25)24-19(28-9-11-2-7-14(21)15(22)8-11)26(18(16)27)13-5-3-12(20)4-6-13/h2-8,10H,9H2,1H3. The number of fused-ring (bicyclic) bond motifs is 1. The Balaban J connectivity index is 1.81. The maximum atomic E-state index is 13.1. The second kappa shape index (κ2) is 7.79. The van der Waals surface area contributed by atoms with Crippen molar-refractivity contribution in [2.75, 3.05) is 0 Å². The van der Waals surface area contributed by atoms with Crippen molar-refractivity contribution < 1.29 is 0 Å². The molecule has 2 aromatic heterocycles. The highest BCUT2D eigenvalue weighted by Crippen LogP contribution is 2.28. The van der Waals surface area contributed by atoms with E-state index in [-0.39, 0.29) is 5.56 Å². The molecule has 0 bridgehead atoms. The molecule has 0 unspecified atom stereocenters. The molecule has 9 heteroatoms. The van der Waals surface area contributed by atoms with Gasteiger partial charge in [0.05, 0.1) is 22.1 Å². The summed E-state index contributed by atoms with van der Waals surface area (Å²) < 4.78 is 3.28. The maximum Gasteiger partial charge on any atom is 0.286 e. The van der Waals surface area contributed by atoms with Crippen LogP contribution in [0.3, 0.4) is 0 Å². The zero-order valence-corrected chi connectivity index (χ0v) is 17.6. The first-order chi connectivity index (χ1) is 13.4. The molecule has 0 aliphatic heterocycles. The Morgan fingerprint density at radius 3 is 2.50 bits per heavy atom. The molecule has 4 rings (SSSR count). The van der Waals surface area contributed by atoms with Gasteiger partial charge >= 0.3 is 0 Å². The smallest absolute Gasteiger partial charge is 0.286 e. The minimum atomic E-state index is -0.232. The summed E-state index contributed by atoms with van der Waals surface area (Å²) in [6, 6.07) is 12.5. The number of aryl methyl sites for hydroxylation is 1. The molecule has 142 valence electrons. The van der Waals surface area contributed by atoms with Crippen LogP contribution >= 0.6 is 46.6 Å². The van der Waals surface area contributed by atoms with Crippen LogP contribution in [0.15, 0.2) is 58.7 Å². The molecular weight excluding hydrogens is 439 g/mol. The molecule has 0 fully saturated rings. The lowest BCUT2D eigenvalue weighted by Gasteiger charge is -2.12. The normalized spacial score (nSPS) is 11.3. The van der Waals surface area contributed by atoms with Gasteiger partial charge in [-0.3, -0.25) is 9.36 Å². The number of hydrogen-bond donors (Lipinski definition) is 0. The molecule has 0 aliphatic carbocycles. The van der Waals surface area contributed by atoms with Gasteiger partial charge in [0.25, 0.3) is 5.56 Å². The number of thioether (sulfide) groups is 1. The van der Waals surface area contributed by atoms with Crippen molar-refractivity contribution in [2.24, 2.45) is 7.05 Å². The summed E-state index contributed by atoms with van der Waals surface area (Å²) in [6.45, 7) is 0. The Morgan fingerprint density at radius 2 is 1.79 bits per heavy atom. The average molecular weight is 452 g/mol. The minimum absolute atomic E-state index is 0.232. The molecule has 0 atom stereocenters. The number of halogens is 3. The molecule has 0 aliphatic rings. The first-order valence-corrected chi connectivity index (χ1v) is 10.3. The van der Waals surface area contributed by atoms with E-state index in [1.165, 1.54) is 11.8 Å². The van der Waals surface area contributed by atoms with Crippen LogP contribution < -0.4 is 5.56 Å². The number of hydrogen-bond acceptors (Lipinski definition) is 4. The highest BCUT2D eigenvalue weighted by Gasteiger charge is 2.16. The Kier molecular flexibility index (Phi) is 5.38. The van der Waals surface area contributed by atoms with Crippen LogP contribution in [0.2, 0.25) is 15.1 Å². The van der Waals surface area contributed by atoms with Crippen LogP contribution in [-0.4, -0.2) is 19.1 Å². The van der Waals surface area contributed by atoms with Gasteiger partial charge < -0.3 is 4.57 Å². The first kappa shape index (κ1) is 19.3. The van der Waals surface area contributed by atoms with Gasteiger partial charge in [-0.2, -0.15) is 0 Å². The Bertz CT molecular complexity index is 1230. The van der Waals surface area contributed by atoms with E-state index in [4.69, 9.17) is 34.8 Å². The molecule has 0 amide bonds. The van der Waals surface area contributed by atoms with Crippen LogP contribution in [0.1, 0.15) is 5.56 Å². The largest absolute Gasteiger partial charge is 0.318 e. The van der Waals surface area contributed by atoms with E-state index in [1.807, 2.05) is 19.2 Å². The van der Waals surface area contributed by atoms with Crippen LogP contribution in [0.5, 0.6) is 0 Å². The quantitative estimate of drug-likeness (QED) is 0.309. The number of rotatable bonds is 4. The van der Waals surface area contributed by atoms with E-state index in [2.05, 4.69) is 9.97 Å². The number of aromatic nitrogens is 4. The predicted molar refractivity (Wildman–Crippen MR) is 115 cm³/mol. The zero-order valence-electron chi connectivity index (χ0n) is 14.6. The summed E-state index contributed by atoms with van der Waals surface area (Å²) in [6.07, 6.45) is 1.58. The molecule has 0 saturated carbocycles. The molecule has 0 N–H and O–H groups in total. The Morgan fingerprint density at radius 1 is 1.04 bits per heavy atom. The lowest BCUT2D eigenvalue weighted by Crippen LogP contribution is -2.22. The van der Waals surface area contributed by atoms with E-state index in [0.717, 1.165) is 5.56 Å². The molecule has 0 radical (unpaired) electrons. The summed E-state index contributed by atoms with van der Waals surface area (Å²) in [5, 5.41) is 2.14. The summed E-state index contributed by atoms with van der Waals surface area (Å²) in [7, 11) is 1.81. The second-order valence-corrected chi connectivity index (χ2v) is 8.27. The fourth-order valence-electron chi connectivity index (χ4n) is 2.73. The third-order valence-corrected chi connectivity index (χ3v) is 6.14. The van der Waals surface area contributed by atoms with E-state index in [1.54, 1.807) is 45.8 Å². The predicted octanol–water partition coefficient (Wildman–Crippen LogP) is 5.37. The van der Waals surface area contributed by atoms with Crippen molar-refractivity contribution in [3.63, 3.8) is 0 Å². The fourth-order valence-corrected chi connectivity index (χ4v) is 4.12. The van der Waals surface area contributed by atoms with Gasteiger partial charge in [-0.05, 0) is 42.0 Å². The third kappa shape index (κ3) is 3.65. The Labute approximate surface area is 179 Å². The minimum Gasteiger partial charge on any atom is -0.318 e. The van der Waals surface area contributed by atoms with Crippen LogP contribution in [-0.2, 0) is 12.8 Å². The summed E-state index contributed by atoms with van der Waals surface area (Å²) in [5.74, 6) is 0.570. The van der Waals surface area contributed by atoms with Crippen molar-refractivity contribution in [3.8, 4) is 5.69 Å². The molecule has 0 saturated heterocycles. The van der Waals surface area contributed by atoms with Gasteiger partial charge in [-0.25, -0.2) is 9.97 Å². The van der Waals surface area contributed by atoms with Crippen molar-refractivity contribution in [2.45, 2.75) is 10.9 Å². The van der Waals surface area contributed by atoms with E-state index in [9.17, 15) is 4.79 Å². The zero-order chi connectivity index (χ0) is 19.8. The lowest BCUT2D eigenvalue weighted by atomic mass is 10.2. The van der Waals surface area contributed by atoms with Crippen molar-refractivity contribution in [1.82, 2.24) is 19.1 Å². The van der Waals surface area contributed by atoms with Gasteiger partial charge in [-0.15, -0.1) is 0 Å². The van der Waals surface area contributed by atoms with E-state index in [0.29, 0.717) is 42.8 Å². The van der Waals surface area contributed by atoms with Gasteiger partial charge in [0.2, 0.25) is 0 Å². The lowest BCUT2D eigenvalue weighted by molar-refractivity contribution is 0.802. The molecule has 5 nitrogen and oxygen atoms in total. The van der Waals surface area contributed by atoms with Gasteiger partial charge in [0.1, 0.15) is 0 Å². The summed E-state index contributed by atoms with van der Waals surface area (Å²) in [5.41, 5.74) is 2.26. The first-order valence-electron chi connectivity index (χ1n) is 8.21. The van der Waals surface area contributed by atoms with Gasteiger partial charge in [0, 0.05) is 17.8 Å². The second-order valence-electron chi connectivity index (χ2n) is 6.08. The molecule has 28 heavy (non-hydrogen) atoms. The fraction of sp³-hybridized carbons (Fsp3) is 0.105. The highest BCUT2D eigenvalue weighted by molar-refractivity contribution is 7.98. The molecule has 2 aromatic carbocycles. The average Bonchev–Trinajstić information content (AvgIpc) is 3.05. The topological polar surface area (TPSA) is 52.7 Å². The van der Waals surface area contributed by atoms with Crippen LogP contribution in [0.25, 0.3) is 16.9 Å². The van der Waals surface area contributed by atoms with Crippen molar-refractivity contribution in [3.05, 3.63) is 79.8 Å². The van der Waals surface area contributed by atoms with E-state index < -0.39 is 0 Å². The Hall–Kier alpha value is -1.99. The van der Waals surface area contributed by atoms with Gasteiger partial charge in [0.15, 0.2) is 16.3 Å². The number of nitrogens with zero attached hydrogens (tertiary/aromatic N) is 4. The third-order valence-electron chi connectivity index (χ3n) is 4.14. The molecule has 4 aromatic rings. The maximum absolute atomic E-state index is 13.1. The summed E-state index contributed by atoms with van der Waals surface area (Å²) >= 11 is 19.5. The van der Waals surface area contributed by atoms with Gasteiger partial charge in [-0.1, -0.05) is 52.6 Å². The number of imidazole rings is 1. The number of benzene rings is 2. The van der Waals surface area contributed by atoms with Crippen LogP contribution in [0.4, 0.5) is 0 Å². The van der Waals surface area contributed by atoms with Crippen molar-refractivity contribution >= 4 is 57.7 Å². The highest BCUT2D eigenvalue weighted by atomic mass is 35.5. The van der Waals surface area contributed by atoms with E-state index >= 15 is 0 Å². The molecular formula is C19H13Cl3N4OS. The monoisotopic (exact) mass is 450 g/mol.